The van der Waals surface area contributed by atoms with Gasteiger partial charge in [0, 0.05) is 18.1 Å². The first-order chi connectivity index (χ1) is 10.6. The zero-order valence-corrected chi connectivity index (χ0v) is 14.5. The highest BCUT2D eigenvalue weighted by Gasteiger charge is 2.18. The zero-order chi connectivity index (χ0) is 15.7. The number of amides is 1. The Labute approximate surface area is 140 Å². The molecule has 0 aliphatic rings. The predicted octanol–water partition coefficient (Wildman–Crippen LogP) is 4.06. The number of hydrogen-bond donors (Lipinski definition) is 1. The molecular weight excluding hydrogens is 366 g/mol. The Bertz CT molecular complexity index is 810. The van der Waals surface area contributed by atoms with Gasteiger partial charge < -0.3 is 9.64 Å². The summed E-state index contributed by atoms with van der Waals surface area (Å²) in [5.41, 5.74) is 0.820. The minimum absolute atomic E-state index is 0.0564. The summed E-state index contributed by atoms with van der Waals surface area (Å²) in [5.74, 6) is 0.740. The van der Waals surface area contributed by atoms with Crippen LogP contribution in [0.3, 0.4) is 0 Å². The second kappa shape index (κ2) is 6.10. The summed E-state index contributed by atoms with van der Waals surface area (Å²) in [6.45, 7) is 2.56. The van der Waals surface area contributed by atoms with Crippen molar-refractivity contribution in [3.05, 3.63) is 39.8 Å². The Morgan fingerprint density at radius 3 is 2.77 bits per heavy atom. The first-order valence-corrected chi connectivity index (χ1v) is 8.35. The van der Waals surface area contributed by atoms with Gasteiger partial charge in [-0.2, -0.15) is 5.10 Å². The molecule has 0 atom stereocenters. The van der Waals surface area contributed by atoms with Crippen LogP contribution in [0.5, 0.6) is 5.75 Å². The van der Waals surface area contributed by atoms with Crippen LogP contribution in [0.2, 0.25) is 0 Å². The number of halogens is 1. The quantitative estimate of drug-likeness (QED) is 0.743. The average molecular weight is 380 g/mol. The number of anilines is 1. The lowest BCUT2D eigenvalue weighted by Gasteiger charge is -2.16. The van der Waals surface area contributed by atoms with Crippen LogP contribution in [0.25, 0.3) is 10.2 Å². The minimum atomic E-state index is -0.0564. The maximum Gasteiger partial charge on any atom is 0.268 e. The Hall–Kier alpha value is -1.86. The summed E-state index contributed by atoms with van der Waals surface area (Å²) in [5, 5.41) is 7.91. The molecule has 5 nitrogen and oxygen atoms in total. The largest absolute Gasteiger partial charge is 0.494 e. The topological polar surface area (TPSA) is 58.2 Å². The number of benzene rings is 1. The number of thiophene rings is 1. The lowest BCUT2D eigenvalue weighted by Crippen LogP contribution is -2.25. The van der Waals surface area contributed by atoms with Crippen LogP contribution in [0.1, 0.15) is 16.6 Å². The van der Waals surface area contributed by atoms with Crippen molar-refractivity contribution < 1.29 is 9.53 Å². The summed E-state index contributed by atoms with van der Waals surface area (Å²) in [7, 11) is 1.76. The zero-order valence-electron chi connectivity index (χ0n) is 12.1. The normalized spacial score (nSPS) is 10.9. The molecule has 0 saturated carbocycles. The van der Waals surface area contributed by atoms with Gasteiger partial charge >= 0.3 is 0 Å². The monoisotopic (exact) mass is 379 g/mol. The molecule has 0 unspecified atom stereocenters. The van der Waals surface area contributed by atoms with Gasteiger partial charge in [-0.1, -0.05) is 0 Å². The van der Waals surface area contributed by atoms with Crippen molar-refractivity contribution in [3.8, 4) is 5.75 Å². The number of nitrogens with one attached hydrogen (secondary N) is 1. The smallest absolute Gasteiger partial charge is 0.268 e. The number of aromatic amines is 1. The van der Waals surface area contributed by atoms with E-state index in [9.17, 15) is 4.79 Å². The molecule has 0 spiro atoms. The first kappa shape index (κ1) is 15.1. The van der Waals surface area contributed by atoms with E-state index in [0.717, 1.165) is 26.3 Å². The van der Waals surface area contributed by atoms with Crippen LogP contribution >= 0.6 is 27.3 Å². The highest BCUT2D eigenvalue weighted by Crippen LogP contribution is 2.30. The van der Waals surface area contributed by atoms with E-state index >= 15 is 0 Å². The molecule has 22 heavy (non-hydrogen) atoms. The molecule has 1 aromatic carbocycles. The van der Waals surface area contributed by atoms with Crippen molar-refractivity contribution in [2.45, 2.75) is 6.92 Å². The van der Waals surface area contributed by atoms with Gasteiger partial charge in [-0.25, -0.2) is 0 Å². The second-order valence-electron chi connectivity index (χ2n) is 4.66. The number of carbonyl (C=O) groups excluding carboxylic acids is 1. The number of H-pyrrole nitrogens is 1. The summed E-state index contributed by atoms with van der Waals surface area (Å²) in [6, 6.07) is 9.32. The van der Waals surface area contributed by atoms with Crippen molar-refractivity contribution in [1.82, 2.24) is 10.2 Å². The molecule has 0 fully saturated rings. The fourth-order valence-electron chi connectivity index (χ4n) is 2.10. The van der Waals surface area contributed by atoms with Crippen LogP contribution in [-0.2, 0) is 0 Å². The molecule has 0 bridgehead atoms. The molecule has 3 aromatic rings. The number of ether oxygens (including phenoxy) is 1. The van der Waals surface area contributed by atoms with E-state index in [2.05, 4.69) is 26.1 Å². The van der Waals surface area contributed by atoms with E-state index < -0.39 is 0 Å². The molecule has 2 aromatic heterocycles. The van der Waals surface area contributed by atoms with Gasteiger partial charge in [0.2, 0.25) is 0 Å². The Kier molecular flexibility index (Phi) is 4.17. The third-order valence-electron chi connectivity index (χ3n) is 3.25. The molecular formula is C15H14BrN3O2S. The number of nitrogens with zero attached hydrogens (tertiary/aromatic N) is 2. The molecule has 2 heterocycles. The third kappa shape index (κ3) is 2.74. The predicted molar refractivity (Wildman–Crippen MR) is 92.0 cm³/mol. The van der Waals surface area contributed by atoms with Crippen LogP contribution in [0.4, 0.5) is 5.69 Å². The molecule has 0 saturated heterocycles. The number of rotatable bonds is 4. The minimum Gasteiger partial charge on any atom is -0.494 e. The van der Waals surface area contributed by atoms with Crippen molar-refractivity contribution >= 4 is 49.1 Å². The summed E-state index contributed by atoms with van der Waals surface area (Å²) in [4.78, 5) is 15.7. The maximum atomic E-state index is 12.6. The van der Waals surface area contributed by atoms with E-state index in [4.69, 9.17) is 4.74 Å². The lowest BCUT2D eigenvalue weighted by molar-refractivity contribution is 0.0997. The van der Waals surface area contributed by atoms with Crippen LogP contribution in [0, 0.1) is 0 Å². The van der Waals surface area contributed by atoms with Crippen LogP contribution < -0.4 is 9.64 Å². The van der Waals surface area contributed by atoms with E-state index in [-0.39, 0.29) is 5.91 Å². The SMILES string of the molecule is CCOc1ccc(N(C)C(=O)c2cc3c(Br)[nH]nc3s2)cc1. The maximum absolute atomic E-state index is 12.6. The first-order valence-electron chi connectivity index (χ1n) is 6.74. The van der Waals surface area contributed by atoms with Crippen molar-refractivity contribution in [2.75, 3.05) is 18.6 Å². The van der Waals surface area contributed by atoms with Gasteiger partial charge in [0.25, 0.3) is 5.91 Å². The Balaban J connectivity index is 1.83. The highest BCUT2D eigenvalue weighted by atomic mass is 79.9. The molecule has 114 valence electrons. The summed E-state index contributed by atoms with van der Waals surface area (Å²) >= 11 is 4.76. The molecule has 7 heteroatoms. The number of aromatic nitrogens is 2. The fraction of sp³-hybridized carbons (Fsp3) is 0.200. The second-order valence-corrected chi connectivity index (χ2v) is 6.48. The van der Waals surface area contributed by atoms with Gasteiger partial charge in [0.15, 0.2) is 0 Å². The van der Waals surface area contributed by atoms with Gasteiger partial charge in [0.1, 0.15) is 15.2 Å². The molecule has 0 aliphatic carbocycles. The van der Waals surface area contributed by atoms with Gasteiger partial charge in [-0.05, 0) is 53.2 Å². The Morgan fingerprint density at radius 1 is 1.41 bits per heavy atom. The van der Waals surface area contributed by atoms with E-state index in [0.29, 0.717) is 11.5 Å². The number of hydrogen-bond acceptors (Lipinski definition) is 4. The molecule has 3 rings (SSSR count). The Morgan fingerprint density at radius 2 is 2.14 bits per heavy atom. The average Bonchev–Trinajstić information content (AvgIpc) is 3.09. The van der Waals surface area contributed by atoms with Crippen LogP contribution in [0.15, 0.2) is 34.9 Å². The highest BCUT2D eigenvalue weighted by molar-refractivity contribution is 9.10. The number of fused-ring (bicyclic) bond motifs is 1. The lowest BCUT2D eigenvalue weighted by atomic mass is 10.2. The van der Waals surface area contributed by atoms with E-state index in [1.807, 2.05) is 37.3 Å². The third-order valence-corrected chi connectivity index (χ3v) is 4.88. The number of carbonyl (C=O) groups is 1. The van der Waals surface area contributed by atoms with E-state index in [1.165, 1.54) is 11.3 Å². The van der Waals surface area contributed by atoms with Gasteiger partial charge in [0.05, 0.1) is 11.5 Å². The van der Waals surface area contributed by atoms with Crippen molar-refractivity contribution in [3.63, 3.8) is 0 Å². The standard InChI is InChI=1S/C15H14BrN3O2S/c1-3-21-10-6-4-9(5-7-10)19(2)15(20)12-8-11-13(16)17-18-14(11)22-12/h4-8H,3H2,1-2H3,(H,17,18). The molecule has 0 aliphatic heterocycles. The van der Waals surface area contributed by atoms with Crippen molar-refractivity contribution in [2.24, 2.45) is 0 Å². The molecule has 1 N–H and O–H groups in total. The summed E-state index contributed by atoms with van der Waals surface area (Å²) < 4.78 is 6.20. The fourth-order valence-corrected chi connectivity index (χ4v) is 3.60. The van der Waals surface area contributed by atoms with Gasteiger partial charge in [-0.15, -0.1) is 11.3 Å². The molecule has 0 radical (unpaired) electrons. The van der Waals surface area contributed by atoms with Crippen molar-refractivity contribution in [1.29, 1.82) is 0 Å². The van der Waals surface area contributed by atoms with E-state index in [1.54, 1.807) is 11.9 Å². The van der Waals surface area contributed by atoms with Crippen LogP contribution in [-0.4, -0.2) is 29.8 Å². The van der Waals surface area contributed by atoms with Gasteiger partial charge in [-0.3, -0.25) is 9.89 Å². The molecule has 1 amide bonds. The summed E-state index contributed by atoms with van der Waals surface area (Å²) in [6.07, 6.45) is 0.